The van der Waals surface area contributed by atoms with Crippen molar-refractivity contribution >= 4 is 11.3 Å². The lowest BCUT2D eigenvalue weighted by Crippen LogP contribution is -2.40. The Hall–Kier alpha value is -1.34. The highest BCUT2D eigenvalue weighted by atomic mass is 32.1. The monoisotopic (exact) mass is 308 g/mol. The second kappa shape index (κ2) is 6.62. The largest absolute Gasteiger partial charge is 0.387 e. The maximum atomic E-state index is 13.7. The van der Waals surface area contributed by atoms with Crippen molar-refractivity contribution in [3.63, 3.8) is 0 Å². The molecular weight excluding hydrogens is 291 g/mol. The van der Waals surface area contributed by atoms with Crippen molar-refractivity contribution in [2.45, 2.75) is 12.2 Å². The lowest BCUT2D eigenvalue weighted by atomic mass is 10.1. The highest BCUT2D eigenvalue weighted by Gasteiger charge is 2.26. The van der Waals surface area contributed by atoms with E-state index in [1.807, 2.05) is 5.38 Å². The number of aliphatic hydroxyl groups is 1. The molecule has 0 spiro atoms. The number of benzene rings is 1. The van der Waals surface area contributed by atoms with Gasteiger partial charge in [-0.2, -0.15) is 0 Å². The van der Waals surface area contributed by atoms with Crippen LogP contribution < -0.4 is 0 Å². The minimum absolute atomic E-state index is 0.0634. The Bertz CT molecular complexity index is 579. The molecule has 3 rings (SSSR count). The van der Waals surface area contributed by atoms with E-state index in [-0.39, 0.29) is 11.9 Å². The predicted octanol–water partition coefficient (Wildman–Crippen LogP) is 2.39. The molecule has 1 N–H and O–H groups in total. The van der Waals surface area contributed by atoms with Gasteiger partial charge in [-0.25, -0.2) is 9.37 Å². The van der Waals surface area contributed by atoms with Crippen LogP contribution in [0.1, 0.15) is 22.8 Å². The maximum Gasteiger partial charge on any atom is 0.129 e. The number of aliphatic hydroxyl groups excluding tert-OH is 1. The van der Waals surface area contributed by atoms with Crippen LogP contribution in [0.15, 0.2) is 35.8 Å². The number of aromatic nitrogens is 1. The molecule has 0 aliphatic carbocycles. The predicted molar refractivity (Wildman–Crippen MR) is 78.6 cm³/mol. The van der Waals surface area contributed by atoms with Crippen molar-refractivity contribution in [1.29, 1.82) is 0 Å². The summed E-state index contributed by atoms with van der Waals surface area (Å²) in [4.78, 5) is 6.36. The summed E-state index contributed by atoms with van der Waals surface area (Å²) in [5.41, 5.74) is 0.342. The number of ether oxygens (including phenoxy) is 1. The molecule has 1 saturated heterocycles. The van der Waals surface area contributed by atoms with Crippen LogP contribution in [0.3, 0.4) is 0 Å². The van der Waals surface area contributed by atoms with Crippen molar-refractivity contribution in [3.05, 3.63) is 52.2 Å². The van der Waals surface area contributed by atoms with E-state index in [1.54, 1.807) is 35.7 Å². The molecule has 112 valence electrons. The van der Waals surface area contributed by atoms with Gasteiger partial charge in [0.2, 0.25) is 0 Å². The summed E-state index contributed by atoms with van der Waals surface area (Å²) in [6, 6.07) is 6.35. The van der Waals surface area contributed by atoms with Gasteiger partial charge in [0.15, 0.2) is 0 Å². The standard InChI is InChI=1S/C15H17FN2O2S/c16-12-4-2-1-3-11(12)13(19)9-18-6-7-20-14(10-18)15-17-5-8-21-15/h1-5,8,13-14,19H,6-7,9-10H2/t13-,14+/m0/s1. The Kier molecular flexibility index (Phi) is 4.60. The third-order valence-electron chi connectivity index (χ3n) is 3.57. The van der Waals surface area contributed by atoms with Crippen LogP contribution in [0.2, 0.25) is 0 Å². The van der Waals surface area contributed by atoms with Crippen molar-refractivity contribution in [2.24, 2.45) is 0 Å². The summed E-state index contributed by atoms with van der Waals surface area (Å²) in [5, 5.41) is 13.1. The Morgan fingerprint density at radius 1 is 1.48 bits per heavy atom. The minimum atomic E-state index is -0.832. The van der Waals surface area contributed by atoms with Gasteiger partial charge >= 0.3 is 0 Å². The molecule has 2 atom stereocenters. The highest BCUT2D eigenvalue weighted by Crippen LogP contribution is 2.25. The summed E-state index contributed by atoms with van der Waals surface area (Å²) in [6.45, 7) is 2.38. The Morgan fingerprint density at radius 3 is 3.10 bits per heavy atom. The second-order valence-corrected chi connectivity index (χ2v) is 5.95. The smallest absolute Gasteiger partial charge is 0.129 e. The lowest BCUT2D eigenvalue weighted by Gasteiger charge is -2.33. The Morgan fingerprint density at radius 2 is 2.33 bits per heavy atom. The molecular formula is C15H17FN2O2S. The normalized spacial score (nSPS) is 21.3. The molecule has 1 aliphatic rings. The topological polar surface area (TPSA) is 45.6 Å². The number of nitrogens with zero attached hydrogens (tertiary/aromatic N) is 2. The summed E-state index contributed by atoms with van der Waals surface area (Å²) in [6.07, 6.45) is 0.865. The van der Waals surface area contributed by atoms with E-state index in [2.05, 4.69) is 9.88 Å². The van der Waals surface area contributed by atoms with Crippen LogP contribution in [-0.4, -0.2) is 41.2 Å². The number of hydrogen-bond acceptors (Lipinski definition) is 5. The number of rotatable bonds is 4. The lowest BCUT2D eigenvalue weighted by molar-refractivity contribution is -0.0427. The number of hydrogen-bond donors (Lipinski definition) is 1. The molecule has 1 aromatic heterocycles. The van der Waals surface area contributed by atoms with Gasteiger partial charge in [0.1, 0.15) is 16.9 Å². The molecule has 0 radical (unpaired) electrons. The summed E-state index contributed by atoms with van der Waals surface area (Å²) >= 11 is 1.56. The fraction of sp³-hybridized carbons (Fsp3) is 0.400. The van der Waals surface area contributed by atoms with Crippen molar-refractivity contribution < 1.29 is 14.2 Å². The molecule has 21 heavy (non-hydrogen) atoms. The summed E-state index contributed by atoms with van der Waals surface area (Å²) < 4.78 is 19.4. The van der Waals surface area contributed by atoms with Crippen LogP contribution >= 0.6 is 11.3 Å². The number of halogens is 1. The fourth-order valence-corrected chi connectivity index (χ4v) is 3.18. The zero-order valence-corrected chi connectivity index (χ0v) is 12.3. The van der Waals surface area contributed by atoms with Gasteiger partial charge in [-0.1, -0.05) is 18.2 Å². The van der Waals surface area contributed by atoms with E-state index in [4.69, 9.17) is 4.74 Å². The van der Waals surface area contributed by atoms with Crippen LogP contribution in [0.25, 0.3) is 0 Å². The van der Waals surface area contributed by atoms with Crippen molar-refractivity contribution in [1.82, 2.24) is 9.88 Å². The summed E-state index contributed by atoms with van der Waals surface area (Å²) in [7, 11) is 0. The first-order chi connectivity index (χ1) is 10.2. The number of morpholine rings is 1. The first-order valence-electron chi connectivity index (χ1n) is 6.90. The second-order valence-electron chi connectivity index (χ2n) is 5.03. The Labute approximate surface area is 126 Å². The minimum Gasteiger partial charge on any atom is -0.387 e. The first-order valence-corrected chi connectivity index (χ1v) is 7.78. The zero-order valence-electron chi connectivity index (χ0n) is 11.5. The average molecular weight is 308 g/mol. The molecule has 0 amide bonds. The van der Waals surface area contributed by atoms with Crippen LogP contribution in [-0.2, 0) is 4.74 Å². The third kappa shape index (κ3) is 3.47. The SMILES string of the molecule is O[C@@H](CN1CCO[C@@H](c2nccs2)C1)c1ccccc1F. The number of β-amino-alcohol motifs (C(OH)–C–C–N with tert-alkyl or cyclic N) is 1. The molecule has 0 saturated carbocycles. The van der Waals surface area contributed by atoms with Crippen LogP contribution in [0.5, 0.6) is 0 Å². The highest BCUT2D eigenvalue weighted by molar-refractivity contribution is 7.09. The molecule has 0 unspecified atom stereocenters. The molecule has 4 nitrogen and oxygen atoms in total. The summed E-state index contributed by atoms with van der Waals surface area (Å²) in [5.74, 6) is -0.366. The maximum absolute atomic E-state index is 13.7. The van der Waals surface area contributed by atoms with Gasteiger partial charge in [0.25, 0.3) is 0 Å². The molecule has 0 bridgehead atoms. The van der Waals surface area contributed by atoms with E-state index < -0.39 is 6.10 Å². The van der Waals surface area contributed by atoms with E-state index in [0.717, 1.165) is 11.6 Å². The van der Waals surface area contributed by atoms with Gasteiger partial charge < -0.3 is 9.84 Å². The van der Waals surface area contributed by atoms with Crippen molar-refractivity contribution in [2.75, 3.05) is 26.2 Å². The van der Waals surface area contributed by atoms with Crippen LogP contribution in [0, 0.1) is 5.82 Å². The van der Waals surface area contributed by atoms with E-state index in [1.165, 1.54) is 6.07 Å². The quantitative estimate of drug-likeness (QED) is 0.942. The third-order valence-corrected chi connectivity index (χ3v) is 4.44. The van der Waals surface area contributed by atoms with Crippen molar-refractivity contribution in [3.8, 4) is 0 Å². The molecule has 1 fully saturated rings. The van der Waals surface area contributed by atoms with E-state index in [9.17, 15) is 9.50 Å². The van der Waals surface area contributed by atoms with Gasteiger partial charge in [-0.15, -0.1) is 11.3 Å². The van der Waals surface area contributed by atoms with E-state index >= 15 is 0 Å². The van der Waals surface area contributed by atoms with Gasteiger partial charge in [-0.3, -0.25) is 4.90 Å². The number of thiazole rings is 1. The molecule has 2 aromatic rings. The first kappa shape index (κ1) is 14.6. The molecule has 2 heterocycles. The van der Waals surface area contributed by atoms with Crippen LogP contribution in [0.4, 0.5) is 4.39 Å². The average Bonchev–Trinajstić information content (AvgIpc) is 3.02. The van der Waals surface area contributed by atoms with Gasteiger partial charge in [-0.05, 0) is 6.07 Å². The van der Waals surface area contributed by atoms with E-state index in [0.29, 0.717) is 25.3 Å². The molecule has 1 aromatic carbocycles. The Balaban J connectivity index is 1.63. The molecule has 1 aliphatic heterocycles. The zero-order chi connectivity index (χ0) is 14.7. The van der Waals surface area contributed by atoms with Gasteiger partial charge in [0.05, 0.1) is 12.7 Å². The molecule has 6 heteroatoms. The fourth-order valence-electron chi connectivity index (χ4n) is 2.50. The van der Waals surface area contributed by atoms with Gasteiger partial charge in [0, 0.05) is 36.8 Å².